The van der Waals surface area contributed by atoms with Gasteiger partial charge in [0, 0.05) is 52.4 Å². The molecule has 0 radical (unpaired) electrons. The van der Waals surface area contributed by atoms with Crippen molar-refractivity contribution in [3.63, 3.8) is 0 Å². The zero-order chi connectivity index (χ0) is 26.1. The number of ether oxygens (including phenoxy) is 4. The van der Waals surface area contributed by atoms with Crippen LogP contribution < -0.4 is 0 Å². The van der Waals surface area contributed by atoms with Crippen LogP contribution in [0.4, 0.5) is 0 Å². The van der Waals surface area contributed by atoms with Crippen molar-refractivity contribution in [1.82, 2.24) is 19.6 Å². The standard InChI is InChI=1S/C23H42N4O8/c1-5-33-21(29)17-25-10-8-24(16-20(28)32-4)9-11-26(18-22(30)34-6-2)13-15-27(14-12-25)19-23(31)35-7-3/h5-19H2,1-4H3. The van der Waals surface area contributed by atoms with Gasteiger partial charge in [-0.25, -0.2) is 0 Å². The van der Waals surface area contributed by atoms with Crippen LogP contribution in [0.1, 0.15) is 20.8 Å². The van der Waals surface area contributed by atoms with E-state index < -0.39 is 0 Å². The first-order valence-corrected chi connectivity index (χ1v) is 12.2. The van der Waals surface area contributed by atoms with Gasteiger partial charge in [-0.3, -0.25) is 38.8 Å². The van der Waals surface area contributed by atoms with E-state index in [1.807, 2.05) is 19.6 Å². The van der Waals surface area contributed by atoms with Gasteiger partial charge in [0.15, 0.2) is 0 Å². The summed E-state index contributed by atoms with van der Waals surface area (Å²) in [6.07, 6.45) is 0. The molecule has 0 atom stereocenters. The molecule has 0 aliphatic carbocycles. The van der Waals surface area contributed by atoms with Gasteiger partial charge in [-0.2, -0.15) is 0 Å². The molecule has 0 aromatic carbocycles. The van der Waals surface area contributed by atoms with Gasteiger partial charge in [0.1, 0.15) is 0 Å². The van der Waals surface area contributed by atoms with Gasteiger partial charge in [0.05, 0.1) is 53.1 Å². The summed E-state index contributed by atoms with van der Waals surface area (Å²) in [7, 11) is 1.34. The predicted octanol–water partition coefficient (Wildman–Crippen LogP) is -0.930. The van der Waals surface area contributed by atoms with Crippen molar-refractivity contribution in [2.24, 2.45) is 0 Å². The summed E-state index contributed by atoms with van der Waals surface area (Å²) in [4.78, 5) is 56.2. The zero-order valence-corrected chi connectivity index (χ0v) is 21.7. The van der Waals surface area contributed by atoms with Crippen molar-refractivity contribution in [1.29, 1.82) is 0 Å². The monoisotopic (exact) mass is 502 g/mol. The number of methoxy groups -OCH3 is 1. The largest absolute Gasteiger partial charge is 0.468 e. The maximum absolute atomic E-state index is 12.2. The fraction of sp³-hybridized carbons (Fsp3) is 0.826. The van der Waals surface area contributed by atoms with E-state index in [1.54, 1.807) is 20.8 Å². The molecule has 1 heterocycles. The average Bonchev–Trinajstić information content (AvgIpc) is 2.80. The van der Waals surface area contributed by atoms with Crippen molar-refractivity contribution >= 4 is 23.9 Å². The molecule has 1 fully saturated rings. The Hall–Kier alpha value is -2.28. The van der Waals surface area contributed by atoms with Crippen LogP contribution in [0.3, 0.4) is 0 Å². The molecule has 0 unspecified atom stereocenters. The number of carbonyl (C=O) groups excluding carboxylic acids is 4. The highest BCUT2D eigenvalue weighted by molar-refractivity contribution is 5.72. The van der Waals surface area contributed by atoms with E-state index >= 15 is 0 Å². The molecule has 1 aliphatic heterocycles. The molecule has 202 valence electrons. The molecular formula is C23H42N4O8. The van der Waals surface area contributed by atoms with Gasteiger partial charge in [0.25, 0.3) is 0 Å². The molecule has 0 aromatic rings. The summed E-state index contributed by atoms with van der Waals surface area (Å²) in [5.41, 5.74) is 0. The minimum atomic E-state index is -0.355. The van der Waals surface area contributed by atoms with Gasteiger partial charge in [-0.05, 0) is 20.8 Å². The molecule has 0 spiro atoms. The number of esters is 4. The summed E-state index contributed by atoms with van der Waals surface area (Å²) in [5.74, 6) is -1.32. The lowest BCUT2D eigenvalue weighted by Gasteiger charge is -2.33. The first kappa shape index (κ1) is 30.8. The van der Waals surface area contributed by atoms with Gasteiger partial charge < -0.3 is 18.9 Å². The molecule has 1 saturated heterocycles. The maximum Gasteiger partial charge on any atom is 0.320 e. The summed E-state index contributed by atoms with van der Waals surface area (Å²) in [5, 5.41) is 0. The second-order valence-corrected chi connectivity index (χ2v) is 8.10. The van der Waals surface area contributed by atoms with Crippen molar-refractivity contribution in [2.45, 2.75) is 20.8 Å². The minimum absolute atomic E-state index is 0.103. The Kier molecular flexibility index (Phi) is 15.9. The molecule has 1 rings (SSSR count). The van der Waals surface area contributed by atoms with E-state index in [0.717, 1.165) is 0 Å². The molecule has 12 heteroatoms. The number of carbonyl (C=O) groups is 4. The molecule has 35 heavy (non-hydrogen) atoms. The van der Waals surface area contributed by atoms with Crippen LogP contribution in [0.5, 0.6) is 0 Å². The van der Waals surface area contributed by atoms with Gasteiger partial charge in [0.2, 0.25) is 0 Å². The Morgan fingerprint density at radius 2 is 0.714 bits per heavy atom. The Balaban J connectivity index is 3.01. The molecule has 0 bridgehead atoms. The number of rotatable bonds is 11. The highest BCUT2D eigenvalue weighted by Gasteiger charge is 2.22. The third kappa shape index (κ3) is 14.0. The first-order valence-electron chi connectivity index (χ1n) is 12.2. The van der Waals surface area contributed by atoms with E-state index in [1.165, 1.54) is 7.11 Å². The molecule has 0 N–H and O–H groups in total. The number of hydrogen-bond donors (Lipinski definition) is 0. The van der Waals surface area contributed by atoms with E-state index in [-0.39, 0.29) is 50.1 Å². The molecule has 0 saturated carbocycles. The summed E-state index contributed by atoms with van der Waals surface area (Å²) < 4.78 is 20.2. The fourth-order valence-corrected chi connectivity index (χ4v) is 3.63. The summed E-state index contributed by atoms with van der Waals surface area (Å²) in [6, 6.07) is 0. The Bertz CT molecular complexity index is 627. The lowest BCUT2D eigenvalue weighted by atomic mass is 10.3. The highest BCUT2D eigenvalue weighted by atomic mass is 16.5. The first-order chi connectivity index (χ1) is 16.8. The third-order valence-corrected chi connectivity index (χ3v) is 5.48. The molecule has 12 nitrogen and oxygen atoms in total. The Morgan fingerprint density at radius 3 is 0.914 bits per heavy atom. The second-order valence-electron chi connectivity index (χ2n) is 8.10. The van der Waals surface area contributed by atoms with Crippen LogP contribution in [0.25, 0.3) is 0 Å². The number of nitrogens with zero attached hydrogens (tertiary/aromatic N) is 4. The van der Waals surface area contributed by atoms with Crippen LogP contribution in [-0.2, 0) is 38.1 Å². The minimum Gasteiger partial charge on any atom is -0.468 e. The topological polar surface area (TPSA) is 118 Å². The average molecular weight is 503 g/mol. The lowest BCUT2D eigenvalue weighted by molar-refractivity contribution is -0.147. The van der Waals surface area contributed by atoms with E-state index in [0.29, 0.717) is 72.2 Å². The van der Waals surface area contributed by atoms with Crippen LogP contribution in [0, 0.1) is 0 Å². The lowest BCUT2D eigenvalue weighted by Crippen LogP contribution is -2.49. The van der Waals surface area contributed by atoms with Crippen LogP contribution in [0.15, 0.2) is 0 Å². The molecular weight excluding hydrogens is 460 g/mol. The highest BCUT2D eigenvalue weighted by Crippen LogP contribution is 2.03. The molecule has 1 aliphatic rings. The fourth-order valence-electron chi connectivity index (χ4n) is 3.63. The van der Waals surface area contributed by atoms with Gasteiger partial charge in [-0.1, -0.05) is 0 Å². The van der Waals surface area contributed by atoms with Crippen molar-refractivity contribution in [2.75, 3.05) is 105 Å². The van der Waals surface area contributed by atoms with Crippen LogP contribution in [0.2, 0.25) is 0 Å². The van der Waals surface area contributed by atoms with Crippen LogP contribution >= 0.6 is 0 Å². The quantitative estimate of drug-likeness (QED) is 0.257. The van der Waals surface area contributed by atoms with Crippen molar-refractivity contribution in [3.8, 4) is 0 Å². The van der Waals surface area contributed by atoms with Crippen LogP contribution in [-0.4, -0.2) is 149 Å². The van der Waals surface area contributed by atoms with Crippen molar-refractivity contribution in [3.05, 3.63) is 0 Å². The summed E-state index contributed by atoms with van der Waals surface area (Å²) in [6.45, 7) is 10.7. The molecule has 0 amide bonds. The predicted molar refractivity (Wildman–Crippen MR) is 128 cm³/mol. The molecule has 0 aromatic heterocycles. The van der Waals surface area contributed by atoms with E-state index in [4.69, 9.17) is 18.9 Å². The maximum atomic E-state index is 12.2. The number of hydrogen-bond acceptors (Lipinski definition) is 12. The SMILES string of the molecule is CCOC(=O)CN1CCN(CC(=O)OC)CCN(CC(=O)OCC)CCN(CC(=O)OCC)CC1. The van der Waals surface area contributed by atoms with Crippen molar-refractivity contribution < 1.29 is 38.1 Å². The third-order valence-electron chi connectivity index (χ3n) is 5.48. The van der Waals surface area contributed by atoms with Gasteiger partial charge in [-0.15, -0.1) is 0 Å². The summed E-state index contributed by atoms with van der Waals surface area (Å²) >= 11 is 0. The smallest absolute Gasteiger partial charge is 0.320 e. The second kappa shape index (κ2) is 18.1. The Morgan fingerprint density at radius 1 is 0.486 bits per heavy atom. The van der Waals surface area contributed by atoms with E-state index in [2.05, 4.69) is 0 Å². The van der Waals surface area contributed by atoms with Gasteiger partial charge >= 0.3 is 23.9 Å². The zero-order valence-electron chi connectivity index (χ0n) is 21.7. The van der Waals surface area contributed by atoms with E-state index in [9.17, 15) is 19.2 Å². The normalized spacial score (nSPS) is 17.6. The Labute approximate surface area is 208 Å².